The molecule has 1 atom stereocenters. The highest BCUT2D eigenvalue weighted by Crippen LogP contribution is 2.54. The average Bonchev–Trinajstić information content (AvgIpc) is 3.32. The maximum Gasteiger partial charge on any atom is 0.296 e. The van der Waals surface area contributed by atoms with Gasteiger partial charge in [0.2, 0.25) is 10.0 Å². The molecule has 2 aliphatic rings. The van der Waals surface area contributed by atoms with Crippen molar-refractivity contribution in [2.24, 2.45) is 0 Å². The van der Waals surface area contributed by atoms with Gasteiger partial charge >= 0.3 is 0 Å². The summed E-state index contributed by atoms with van der Waals surface area (Å²) < 4.78 is 26.2. The van der Waals surface area contributed by atoms with Crippen molar-refractivity contribution in [1.29, 1.82) is 0 Å². The molecule has 0 aliphatic carbocycles. The number of ketones is 1. The van der Waals surface area contributed by atoms with Crippen LogP contribution in [0.2, 0.25) is 0 Å². The average molecular weight is 561 g/mol. The summed E-state index contributed by atoms with van der Waals surface area (Å²) in [5.41, 5.74) is -0.637. The Hall–Kier alpha value is -4.35. The second kappa shape index (κ2) is 10.00. The second-order valence-corrected chi connectivity index (χ2v) is 12.0. The molecule has 3 heterocycles. The van der Waals surface area contributed by atoms with Crippen molar-refractivity contribution in [3.8, 4) is 0 Å². The van der Waals surface area contributed by atoms with Crippen LogP contribution in [0.1, 0.15) is 30.0 Å². The zero-order valence-electron chi connectivity index (χ0n) is 22.2. The number of hydrogen-bond donors (Lipinski definition) is 1. The molecule has 0 saturated carbocycles. The van der Waals surface area contributed by atoms with Crippen LogP contribution in [-0.2, 0) is 36.5 Å². The molecule has 1 N–H and O–H groups in total. The number of pyridine rings is 1. The third-order valence-electron chi connectivity index (χ3n) is 7.23. The summed E-state index contributed by atoms with van der Waals surface area (Å²) in [5.74, 6) is -3.03. The van der Waals surface area contributed by atoms with Crippen LogP contribution in [-0.4, -0.2) is 66.0 Å². The van der Waals surface area contributed by atoms with Crippen LogP contribution in [0.15, 0.2) is 83.5 Å². The van der Waals surface area contributed by atoms with Gasteiger partial charge in [-0.05, 0) is 48.4 Å². The topological polar surface area (TPSA) is 128 Å². The van der Waals surface area contributed by atoms with Gasteiger partial charge in [0.25, 0.3) is 17.6 Å². The molecule has 1 saturated heterocycles. The minimum atomic E-state index is -3.75. The number of rotatable bonds is 7. The Morgan fingerprint density at radius 3 is 2.33 bits per heavy atom. The fourth-order valence-electron chi connectivity index (χ4n) is 5.35. The number of para-hydroxylation sites is 1. The number of fused-ring (bicyclic) bond motifs is 2. The van der Waals surface area contributed by atoms with E-state index in [1.807, 2.05) is 6.92 Å². The van der Waals surface area contributed by atoms with E-state index in [-0.39, 0.29) is 22.6 Å². The van der Waals surface area contributed by atoms with Crippen molar-refractivity contribution in [2.45, 2.75) is 30.3 Å². The van der Waals surface area contributed by atoms with Gasteiger partial charge in [-0.2, -0.15) is 0 Å². The lowest BCUT2D eigenvalue weighted by Gasteiger charge is -2.34. The summed E-state index contributed by atoms with van der Waals surface area (Å²) in [6, 6.07) is 15.7. The molecular weight excluding hydrogens is 532 g/mol. The first-order valence-electron chi connectivity index (χ1n) is 12.7. The number of amides is 2. The van der Waals surface area contributed by atoms with E-state index in [0.29, 0.717) is 29.8 Å². The molecule has 0 radical (unpaired) electrons. The van der Waals surface area contributed by atoms with Crippen molar-refractivity contribution in [2.75, 3.05) is 25.5 Å². The number of benzene rings is 2. The number of carbonyl (C=O) groups excluding carboxylic acids is 3. The molecule has 1 spiro atoms. The van der Waals surface area contributed by atoms with Crippen molar-refractivity contribution in [1.82, 2.24) is 14.2 Å². The molecule has 5 rings (SSSR count). The molecule has 0 bridgehead atoms. The number of aliphatic hydroxyl groups excluding tert-OH is 1. The van der Waals surface area contributed by atoms with Gasteiger partial charge in [-0.15, -0.1) is 0 Å². The number of aliphatic hydroxyl groups is 1. The lowest BCUT2D eigenvalue weighted by atomic mass is 9.81. The molecule has 2 aliphatic heterocycles. The van der Waals surface area contributed by atoms with E-state index in [1.165, 1.54) is 48.2 Å². The Balaban J connectivity index is 1.77. The van der Waals surface area contributed by atoms with Gasteiger partial charge in [0.15, 0.2) is 5.54 Å². The molecule has 1 fully saturated rings. The van der Waals surface area contributed by atoms with Crippen molar-refractivity contribution < 1.29 is 27.9 Å². The van der Waals surface area contributed by atoms with Gasteiger partial charge in [-0.25, -0.2) is 12.7 Å². The van der Waals surface area contributed by atoms with Gasteiger partial charge in [0.1, 0.15) is 5.76 Å². The molecule has 1 unspecified atom stereocenters. The standard InChI is InChI=1S/C29H28N4O6S/c1-4-16-32-23-10-6-5-9-22(23)29(28(32)37)24(26(35)27(36)33(29)18-19-8-7-15-30-17-19)25(34)20-11-13-21(14-12-20)40(38,39)31(2)3/h5-15,17,34H,4,16,18H2,1-3H3/b25-24+. The lowest BCUT2D eigenvalue weighted by molar-refractivity contribution is -0.144. The predicted molar refractivity (Wildman–Crippen MR) is 147 cm³/mol. The molecular formula is C29H28N4O6S. The molecule has 2 aromatic carbocycles. The SMILES string of the molecule is CCCN1C(=O)C2(/C(=C(/O)c3ccc(S(=O)(=O)N(C)C)cc3)C(=O)C(=O)N2Cc2cccnc2)c2ccccc21. The van der Waals surface area contributed by atoms with Crippen LogP contribution in [0.3, 0.4) is 0 Å². The lowest BCUT2D eigenvalue weighted by Crippen LogP contribution is -2.51. The van der Waals surface area contributed by atoms with Crippen LogP contribution in [0.5, 0.6) is 0 Å². The van der Waals surface area contributed by atoms with E-state index in [1.54, 1.807) is 48.8 Å². The molecule has 11 heteroatoms. The Morgan fingerprint density at radius 2 is 1.70 bits per heavy atom. The summed E-state index contributed by atoms with van der Waals surface area (Å²) >= 11 is 0. The first-order chi connectivity index (χ1) is 19.1. The van der Waals surface area contributed by atoms with Crippen LogP contribution in [0.4, 0.5) is 5.69 Å². The van der Waals surface area contributed by atoms with Gasteiger partial charge in [-0.3, -0.25) is 19.4 Å². The predicted octanol–water partition coefficient (Wildman–Crippen LogP) is 2.86. The third-order valence-corrected chi connectivity index (χ3v) is 9.06. The highest BCUT2D eigenvalue weighted by Gasteiger charge is 2.67. The first-order valence-corrected chi connectivity index (χ1v) is 14.1. The number of nitrogens with zero attached hydrogens (tertiary/aromatic N) is 4. The number of Topliss-reactive ketones (excluding diaryl/α,β-unsaturated/α-hetero) is 1. The number of likely N-dealkylation sites (tertiary alicyclic amines) is 1. The summed E-state index contributed by atoms with van der Waals surface area (Å²) in [7, 11) is -0.946. The van der Waals surface area contributed by atoms with E-state index in [0.717, 1.165) is 4.31 Å². The van der Waals surface area contributed by atoms with Gasteiger partial charge in [-0.1, -0.05) is 31.2 Å². The van der Waals surface area contributed by atoms with Gasteiger partial charge in [0, 0.05) is 50.7 Å². The smallest absolute Gasteiger partial charge is 0.296 e. The number of carbonyl (C=O) groups is 3. The van der Waals surface area contributed by atoms with Crippen LogP contribution in [0.25, 0.3) is 5.76 Å². The Bertz CT molecular complexity index is 1650. The molecule has 3 aromatic rings. The fourth-order valence-corrected chi connectivity index (χ4v) is 6.25. The van der Waals surface area contributed by atoms with Gasteiger partial charge < -0.3 is 14.9 Å². The molecule has 10 nitrogen and oxygen atoms in total. The van der Waals surface area contributed by atoms with E-state index >= 15 is 0 Å². The van der Waals surface area contributed by atoms with Crippen LogP contribution < -0.4 is 4.90 Å². The molecule has 206 valence electrons. The second-order valence-electron chi connectivity index (χ2n) is 9.80. The number of hydrogen-bond acceptors (Lipinski definition) is 7. The Labute approximate surface area is 232 Å². The van der Waals surface area contributed by atoms with E-state index < -0.39 is 38.9 Å². The summed E-state index contributed by atoms with van der Waals surface area (Å²) in [6.45, 7) is 2.15. The summed E-state index contributed by atoms with van der Waals surface area (Å²) in [4.78, 5) is 48.6. The highest BCUT2D eigenvalue weighted by molar-refractivity contribution is 7.89. The van der Waals surface area contributed by atoms with E-state index in [2.05, 4.69) is 4.98 Å². The zero-order chi connectivity index (χ0) is 28.8. The molecule has 40 heavy (non-hydrogen) atoms. The maximum atomic E-state index is 14.4. The van der Waals surface area contributed by atoms with Crippen molar-refractivity contribution in [3.05, 3.63) is 95.3 Å². The van der Waals surface area contributed by atoms with Crippen molar-refractivity contribution >= 4 is 39.1 Å². The molecule has 2 amide bonds. The Kier molecular flexibility index (Phi) is 6.80. The largest absolute Gasteiger partial charge is 0.507 e. The van der Waals surface area contributed by atoms with Crippen LogP contribution >= 0.6 is 0 Å². The van der Waals surface area contributed by atoms with E-state index in [9.17, 15) is 27.9 Å². The minimum Gasteiger partial charge on any atom is -0.507 e. The highest BCUT2D eigenvalue weighted by atomic mass is 32.2. The number of sulfonamides is 1. The Morgan fingerprint density at radius 1 is 1.00 bits per heavy atom. The minimum absolute atomic E-state index is 0.0165. The maximum absolute atomic E-state index is 14.4. The normalized spacial score (nSPS) is 20.1. The van der Waals surface area contributed by atoms with E-state index in [4.69, 9.17) is 0 Å². The monoisotopic (exact) mass is 560 g/mol. The number of aromatic nitrogens is 1. The number of anilines is 1. The first kappa shape index (κ1) is 27.2. The molecule has 1 aromatic heterocycles. The fraction of sp³-hybridized carbons (Fsp3) is 0.241. The quantitative estimate of drug-likeness (QED) is 0.267. The summed E-state index contributed by atoms with van der Waals surface area (Å²) in [6.07, 6.45) is 3.74. The zero-order valence-corrected chi connectivity index (χ0v) is 23.1. The summed E-state index contributed by atoms with van der Waals surface area (Å²) in [5, 5.41) is 11.6. The third kappa shape index (κ3) is 3.92. The van der Waals surface area contributed by atoms with Crippen LogP contribution in [0, 0.1) is 0 Å². The van der Waals surface area contributed by atoms with Gasteiger partial charge in [0.05, 0.1) is 16.2 Å². The van der Waals surface area contributed by atoms with Crippen molar-refractivity contribution in [3.63, 3.8) is 0 Å².